The monoisotopic (exact) mass is 249 g/mol. The highest BCUT2D eigenvalue weighted by Gasteiger charge is 2.35. The van der Waals surface area contributed by atoms with Gasteiger partial charge in [-0.25, -0.2) is 0 Å². The maximum Gasteiger partial charge on any atom is 0.416 e. The Morgan fingerprint density at radius 2 is 2.00 bits per heavy atom. The fourth-order valence-electron chi connectivity index (χ4n) is 1.26. The predicted molar refractivity (Wildman–Crippen MR) is 49.4 cm³/mol. The minimum Gasteiger partial charge on any atom is -0.481 e. The van der Waals surface area contributed by atoms with Crippen LogP contribution in [-0.2, 0) is 17.4 Å². The van der Waals surface area contributed by atoms with Gasteiger partial charge in [-0.2, -0.15) is 13.2 Å². The van der Waals surface area contributed by atoms with Crippen LogP contribution in [0.5, 0.6) is 0 Å². The molecule has 1 rings (SSSR count). The number of aliphatic carboxylic acids is 1. The zero-order valence-electron chi connectivity index (χ0n) is 8.19. The van der Waals surface area contributed by atoms with Crippen LogP contribution in [0, 0.1) is 10.1 Å². The van der Waals surface area contributed by atoms with Crippen molar-refractivity contribution in [3.63, 3.8) is 0 Å². The summed E-state index contributed by atoms with van der Waals surface area (Å²) in [5.41, 5.74) is -2.53. The Morgan fingerprint density at radius 3 is 2.41 bits per heavy atom. The Morgan fingerprint density at radius 1 is 1.41 bits per heavy atom. The van der Waals surface area contributed by atoms with E-state index in [4.69, 9.17) is 5.11 Å². The molecule has 1 aromatic rings. The number of benzene rings is 1. The number of nitro groups is 1. The molecule has 0 unspecified atom stereocenters. The summed E-state index contributed by atoms with van der Waals surface area (Å²) in [4.78, 5) is 19.7. The lowest BCUT2D eigenvalue weighted by molar-refractivity contribution is -0.385. The van der Waals surface area contributed by atoms with E-state index >= 15 is 0 Å². The average molecular weight is 249 g/mol. The van der Waals surface area contributed by atoms with Gasteiger partial charge in [0, 0.05) is 12.1 Å². The number of nitro benzene ring substituents is 1. The Kier molecular flexibility index (Phi) is 3.35. The van der Waals surface area contributed by atoms with E-state index in [9.17, 15) is 28.1 Å². The molecule has 17 heavy (non-hydrogen) atoms. The van der Waals surface area contributed by atoms with Crippen molar-refractivity contribution in [2.45, 2.75) is 12.6 Å². The first kappa shape index (κ1) is 12.9. The van der Waals surface area contributed by atoms with Gasteiger partial charge in [0.2, 0.25) is 0 Å². The molecule has 0 saturated heterocycles. The van der Waals surface area contributed by atoms with Crippen LogP contribution < -0.4 is 0 Å². The van der Waals surface area contributed by atoms with Gasteiger partial charge in [-0.15, -0.1) is 0 Å². The summed E-state index contributed by atoms with van der Waals surface area (Å²) in [5.74, 6) is -1.44. The van der Waals surface area contributed by atoms with Crippen LogP contribution in [0.1, 0.15) is 11.1 Å². The molecule has 0 radical (unpaired) electrons. The van der Waals surface area contributed by atoms with E-state index in [2.05, 4.69) is 0 Å². The van der Waals surface area contributed by atoms with Crippen molar-refractivity contribution < 1.29 is 28.0 Å². The smallest absolute Gasteiger partial charge is 0.416 e. The van der Waals surface area contributed by atoms with Gasteiger partial charge in [-0.1, -0.05) is 6.07 Å². The molecule has 0 bridgehead atoms. The SMILES string of the molecule is O=C(O)Cc1ccc([N+](=O)[O-])cc1C(F)(F)F. The summed E-state index contributed by atoms with van der Waals surface area (Å²) in [7, 11) is 0. The van der Waals surface area contributed by atoms with Crippen LogP contribution in [0.3, 0.4) is 0 Å². The lowest BCUT2D eigenvalue weighted by Gasteiger charge is -2.10. The highest BCUT2D eigenvalue weighted by atomic mass is 19.4. The van der Waals surface area contributed by atoms with Gasteiger partial charge in [0.05, 0.1) is 16.9 Å². The van der Waals surface area contributed by atoms with E-state index in [1.165, 1.54) is 0 Å². The van der Waals surface area contributed by atoms with Gasteiger partial charge in [0.15, 0.2) is 0 Å². The van der Waals surface area contributed by atoms with Crippen LogP contribution in [0.15, 0.2) is 18.2 Å². The highest BCUT2D eigenvalue weighted by Crippen LogP contribution is 2.34. The van der Waals surface area contributed by atoms with Crippen molar-refractivity contribution in [2.75, 3.05) is 0 Å². The standard InChI is InChI=1S/C9H6F3NO4/c10-9(11,12)7-4-6(13(16)17)2-1-5(7)3-8(14)15/h1-2,4H,3H2,(H,14,15). The van der Waals surface area contributed by atoms with E-state index in [1.807, 2.05) is 0 Å². The van der Waals surface area contributed by atoms with Crippen molar-refractivity contribution in [1.29, 1.82) is 0 Å². The van der Waals surface area contributed by atoms with Crippen molar-refractivity contribution >= 4 is 11.7 Å². The second-order valence-corrected chi connectivity index (χ2v) is 3.17. The summed E-state index contributed by atoms with van der Waals surface area (Å²) in [5, 5.41) is 18.8. The molecule has 0 aromatic heterocycles. The number of carbonyl (C=O) groups is 1. The third kappa shape index (κ3) is 3.16. The first-order valence-corrected chi connectivity index (χ1v) is 4.28. The molecule has 0 saturated carbocycles. The summed E-state index contributed by atoms with van der Waals surface area (Å²) in [6.45, 7) is 0. The molecule has 0 heterocycles. The molecule has 0 aliphatic carbocycles. The number of hydrogen-bond donors (Lipinski definition) is 1. The maximum atomic E-state index is 12.5. The predicted octanol–water partition coefficient (Wildman–Crippen LogP) is 2.24. The molecule has 0 aliphatic rings. The van der Waals surface area contributed by atoms with E-state index in [0.717, 1.165) is 12.1 Å². The summed E-state index contributed by atoms with van der Waals surface area (Å²) < 4.78 is 37.6. The molecule has 1 aromatic carbocycles. The number of carboxylic acids is 1. The number of rotatable bonds is 3. The Bertz CT molecular complexity index is 470. The van der Waals surface area contributed by atoms with E-state index < -0.39 is 40.3 Å². The Hall–Kier alpha value is -2.12. The average Bonchev–Trinajstić information content (AvgIpc) is 2.15. The van der Waals surface area contributed by atoms with Crippen LogP contribution in [0.4, 0.5) is 18.9 Å². The summed E-state index contributed by atoms with van der Waals surface area (Å²) >= 11 is 0. The third-order valence-corrected chi connectivity index (χ3v) is 1.95. The van der Waals surface area contributed by atoms with Gasteiger partial charge in [-0.3, -0.25) is 14.9 Å². The van der Waals surface area contributed by atoms with Gasteiger partial charge >= 0.3 is 12.1 Å². The number of non-ortho nitro benzene ring substituents is 1. The van der Waals surface area contributed by atoms with Crippen LogP contribution in [0.25, 0.3) is 0 Å². The van der Waals surface area contributed by atoms with E-state index in [1.54, 1.807) is 0 Å². The molecule has 1 N–H and O–H groups in total. The highest BCUT2D eigenvalue weighted by molar-refractivity contribution is 5.71. The molecular formula is C9H6F3NO4. The Labute approximate surface area is 92.6 Å². The van der Waals surface area contributed by atoms with E-state index in [0.29, 0.717) is 6.07 Å². The van der Waals surface area contributed by atoms with Gasteiger partial charge < -0.3 is 5.11 Å². The minimum atomic E-state index is -4.82. The number of halogens is 3. The van der Waals surface area contributed by atoms with E-state index in [-0.39, 0.29) is 0 Å². The molecule has 5 nitrogen and oxygen atoms in total. The van der Waals surface area contributed by atoms with Crippen molar-refractivity contribution in [1.82, 2.24) is 0 Å². The third-order valence-electron chi connectivity index (χ3n) is 1.95. The lowest BCUT2D eigenvalue weighted by Crippen LogP contribution is -2.12. The van der Waals surface area contributed by atoms with Gasteiger partial charge in [0.25, 0.3) is 5.69 Å². The molecule has 0 aliphatic heterocycles. The normalized spacial score (nSPS) is 11.2. The summed E-state index contributed by atoms with van der Waals surface area (Å²) in [6, 6.07) is 1.97. The van der Waals surface area contributed by atoms with Gasteiger partial charge in [0.1, 0.15) is 0 Å². The maximum absolute atomic E-state index is 12.5. The number of hydrogen-bond acceptors (Lipinski definition) is 3. The first-order chi connectivity index (χ1) is 7.71. The number of alkyl halides is 3. The van der Waals surface area contributed by atoms with Crippen LogP contribution in [-0.4, -0.2) is 16.0 Å². The molecule has 8 heteroatoms. The molecule has 0 spiro atoms. The van der Waals surface area contributed by atoms with Crippen molar-refractivity contribution in [3.05, 3.63) is 39.4 Å². The van der Waals surface area contributed by atoms with Gasteiger partial charge in [-0.05, 0) is 5.56 Å². The summed E-state index contributed by atoms with van der Waals surface area (Å²) in [6.07, 6.45) is -5.66. The topological polar surface area (TPSA) is 80.4 Å². The fraction of sp³-hybridized carbons (Fsp3) is 0.222. The lowest BCUT2D eigenvalue weighted by atomic mass is 10.0. The molecular weight excluding hydrogens is 243 g/mol. The zero-order chi connectivity index (χ0) is 13.2. The number of nitrogens with zero attached hydrogens (tertiary/aromatic N) is 1. The molecule has 0 atom stereocenters. The van der Waals surface area contributed by atoms with Crippen molar-refractivity contribution in [3.8, 4) is 0 Å². The second kappa shape index (κ2) is 4.40. The quantitative estimate of drug-likeness (QED) is 0.658. The largest absolute Gasteiger partial charge is 0.481 e. The van der Waals surface area contributed by atoms with Crippen molar-refractivity contribution in [2.24, 2.45) is 0 Å². The first-order valence-electron chi connectivity index (χ1n) is 4.28. The molecule has 0 amide bonds. The van der Waals surface area contributed by atoms with Crippen LogP contribution in [0.2, 0.25) is 0 Å². The molecule has 92 valence electrons. The Balaban J connectivity index is 3.31. The second-order valence-electron chi connectivity index (χ2n) is 3.17. The van der Waals surface area contributed by atoms with Crippen LogP contribution >= 0.6 is 0 Å². The molecule has 0 fully saturated rings. The minimum absolute atomic E-state index is 0.332. The zero-order valence-corrected chi connectivity index (χ0v) is 8.19. The fourth-order valence-corrected chi connectivity index (χ4v) is 1.26. The number of carboxylic acid groups (broad SMARTS) is 1.